The summed E-state index contributed by atoms with van der Waals surface area (Å²) >= 11 is 5.68. The van der Waals surface area contributed by atoms with Crippen LogP contribution in [0.25, 0.3) is 0 Å². The van der Waals surface area contributed by atoms with Crippen LogP contribution in [0.3, 0.4) is 0 Å². The van der Waals surface area contributed by atoms with Gasteiger partial charge in [-0.2, -0.15) is 0 Å². The molecule has 1 atom stereocenters. The first-order chi connectivity index (χ1) is 7.15. The van der Waals surface area contributed by atoms with E-state index in [4.69, 9.17) is 17.3 Å². The van der Waals surface area contributed by atoms with Gasteiger partial charge in [-0.15, -0.1) is 0 Å². The Morgan fingerprint density at radius 3 is 2.93 bits per heavy atom. The van der Waals surface area contributed by atoms with E-state index in [1.165, 1.54) is 6.07 Å². The summed E-state index contributed by atoms with van der Waals surface area (Å²) in [5.74, 6) is -0.233. The molecule has 1 fully saturated rings. The van der Waals surface area contributed by atoms with Gasteiger partial charge in [-0.05, 0) is 18.6 Å². The topological polar surface area (TPSA) is 29.3 Å². The predicted octanol–water partition coefficient (Wildman–Crippen LogP) is 2.01. The zero-order chi connectivity index (χ0) is 10.8. The van der Waals surface area contributed by atoms with Crippen LogP contribution in [-0.2, 0) is 6.54 Å². The number of nitrogens with two attached hydrogens (primary N) is 1. The minimum absolute atomic E-state index is 0.233. The average Bonchev–Trinajstić information content (AvgIpc) is 2.56. The molecule has 2 nitrogen and oxygen atoms in total. The minimum atomic E-state index is -0.233. The first kappa shape index (κ1) is 10.9. The molecule has 2 rings (SSSR count). The fraction of sp³-hybridized carbons (Fsp3) is 0.455. The Hall–Kier alpha value is -0.640. The summed E-state index contributed by atoms with van der Waals surface area (Å²) in [7, 11) is 0. The quantitative estimate of drug-likeness (QED) is 0.839. The van der Waals surface area contributed by atoms with E-state index in [0.717, 1.165) is 19.5 Å². The van der Waals surface area contributed by atoms with Gasteiger partial charge in [0.25, 0.3) is 0 Å². The Labute approximate surface area is 93.8 Å². The molecule has 0 spiro atoms. The molecule has 1 heterocycles. The molecule has 82 valence electrons. The van der Waals surface area contributed by atoms with Crippen molar-refractivity contribution in [1.82, 2.24) is 4.90 Å². The van der Waals surface area contributed by atoms with Gasteiger partial charge < -0.3 is 5.73 Å². The lowest BCUT2D eigenvalue weighted by atomic mass is 10.2. The second-order valence-corrected chi connectivity index (χ2v) is 4.46. The highest BCUT2D eigenvalue weighted by Crippen LogP contribution is 2.18. The normalized spacial score (nSPS) is 22.2. The van der Waals surface area contributed by atoms with Crippen LogP contribution in [0.15, 0.2) is 18.2 Å². The second kappa shape index (κ2) is 4.47. The molecule has 0 unspecified atom stereocenters. The Kier molecular flexibility index (Phi) is 3.24. The van der Waals surface area contributed by atoms with Crippen LogP contribution in [0.1, 0.15) is 12.0 Å². The Morgan fingerprint density at radius 2 is 2.33 bits per heavy atom. The van der Waals surface area contributed by atoms with Crippen LogP contribution in [-0.4, -0.2) is 24.0 Å². The monoisotopic (exact) mass is 228 g/mol. The van der Waals surface area contributed by atoms with E-state index in [9.17, 15) is 4.39 Å². The summed E-state index contributed by atoms with van der Waals surface area (Å²) in [6.45, 7) is 2.42. The lowest BCUT2D eigenvalue weighted by Gasteiger charge is -2.15. The fourth-order valence-corrected chi connectivity index (χ4v) is 2.06. The molecule has 1 aliphatic heterocycles. The van der Waals surface area contributed by atoms with Crippen molar-refractivity contribution in [3.8, 4) is 0 Å². The second-order valence-electron chi connectivity index (χ2n) is 4.02. The van der Waals surface area contributed by atoms with Crippen LogP contribution in [0.4, 0.5) is 4.39 Å². The third-order valence-corrected chi connectivity index (χ3v) is 2.95. The van der Waals surface area contributed by atoms with E-state index >= 15 is 0 Å². The molecule has 0 aromatic heterocycles. The molecule has 1 aliphatic rings. The third-order valence-electron chi connectivity index (χ3n) is 2.72. The highest BCUT2D eigenvalue weighted by Gasteiger charge is 2.19. The number of likely N-dealkylation sites (tertiary alicyclic amines) is 1. The SMILES string of the molecule is N[C@H]1CCN(Cc2ccc(Cl)cc2F)C1. The number of benzene rings is 1. The highest BCUT2D eigenvalue weighted by molar-refractivity contribution is 6.30. The van der Waals surface area contributed by atoms with Gasteiger partial charge in [-0.25, -0.2) is 4.39 Å². The molecule has 1 aromatic carbocycles. The van der Waals surface area contributed by atoms with Gasteiger partial charge in [0, 0.05) is 36.3 Å². The van der Waals surface area contributed by atoms with Gasteiger partial charge in [0.2, 0.25) is 0 Å². The van der Waals surface area contributed by atoms with Crippen molar-refractivity contribution in [2.45, 2.75) is 19.0 Å². The zero-order valence-corrected chi connectivity index (χ0v) is 9.17. The molecule has 15 heavy (non-hydrogen) atoms. The summed E-state index contributed by atoms with van der Waals surface area (Å²) in [5, 5.41) is 0.439. The third kappa shape index (κ3) is 2.68. The van der Waals surface area contributed by atoms with E-state index in [0.29, 0.717) is 17.1 Å². The van der Waals surface area contributed by atoms with Crippen molar-refractivity contribution in [3.05, 3.63) is 34.6 Å². The maximum Gasteiger partial charge on any atom is 0.129 e. The molecular formula is C11H14ClFN2. The molecule has 0 amide bonds. The predicted molar refractivity (Wildman–Crippen MR) is 59.3 cm³/mol. The Morgan fingerprint density at radius 1 is 1.53 bits per heavy atom. The van der Waals surface area contributed by atoms with Crippen LogP contribution in [0.5, 0.6) is 0 Å². The highest BCUT2D eigenvalue weighted by atomic mass is 35.5. The van der Waals surface area contributed by atoms with Crippen LogP contribution < -0.4 is 5.73 Å². The minimum Gasteiger partial charge on any atom is -0.326 e. The number of rotatable bonds is 2. The van der Waals surface area contributed by atoms with Gasteiger partial charge in [-0.1, -0.05) is 17.7 Å². The first-order valence-corrected chi connectivity index (χ1v) is 5.45. The van der Waals surface area contributed by atoms with E-state index in [1.54, 1.807) is 12.1 Å². The Balaban J connectivity index is 2.04. The van der Waals surface area contributed by atoms with Gasteiger partial charge in [-0.3, -0.25) is 4.90 Å². The molecule has 1 aromatic rings. The molecule has 0 aliphatic carbocycles. The van der Waals surface area contributed by atoms with Crippen LogP contribution in [0.2, 0.25) is 5.02 Å². The van der Waals surface area contributed by atoms with Crippen molar-refractivity contribution >= 4 is 11.6 Å². The molecule has 0 bridgehead atoms. The van der Waals surface area contributed by atoms with E-state index in [1.807, 2.05) is 0 Å². The first-order valence-electron chi connectivity index (χ1n) is 5.07. The molecule has 0 radical (unpaired) electrons. The lowest BCUT2D eigenvalue weighted by molar-refractivity contribution is 0.321. The standard InChI is InChI=1S/C11H14ClFN2/c12-9-2-1-8(11(13)5-9)6-15-4-3-10(14)7-15/h1-2,5,10H,3-4,6-7,14H2/t10-/m0/s1. The summed E-state index contributed by atoms with van der Waals surface area (Å²) in [6, 6.07) is 5.05. The van der Waals surface area contributed by atoms with Crippen LogP contribution >= 0.6 is 11.6 Å². The van der Waals surface area contributed by atoms with Crippen molar-refractivity contribution in [1.29, 1.82) is 0 Å². The van der Waals surface area contributed by atoms with E-state index in [-0.39, 0.29) is 11.9 Å². The van der Waals surface area contributed by atoms with Crippen molar-refractivity contribution < 1.29 is 4.39 Å². The molecular weight excluding hydrogens is 215 g/mol. The van der Waals surface area contributed by atoms with E-state index in [2.05, 4.69) is 4.90 Å². The maximum atomic E-state index is 13.5. The number of hydrogen-bond acceptors (Lipinski definition) is 2. The molecule has 2 N–H and O–H groups in total. The smallest absolute Gasteiger partial charge is 0.129 e. The number of hydrogen-bond donors (Lipinski definition) is 1. The number of nitrogens with zero attached hydrogens (tertiary/aromatic N) is 1. The van der Waals surface area contributed by atoms with Crippen molar-refractivity contribution in [3.63, 3.8) is 0 Å². The fourth-order valence-electron chi connectivity index (χ4n) is 1.90. The average molecular weight is 229 g/mol. The lowest BCUT2D eigenvalue weighted by Crippen LogP contribution is -2.26. The zero-order valence-electron chi connectivity index (χ0n) is 8.42. The Bertz CT molecular complexity index is 356. The van der Waals surface area contributed by atoms with Crippen molar-refractivity contribution in [2.75, 3.05) is 13.1 Å². The summed E-state index contributed by atoms with van der Waals surface area (Å²) < 4.78 is 13.5. The van der Waals surface area contributed by atoms with Gasteiger partial charge in [0.05, 0.1) is 0 Å². The molecule has 4 heteroatoms. The largest absolute Gasteiger partial charge is 0.326 e. The van der Waals surface area contributed by atoms with Gasteiger partial charge in [0.15, 0.2) is 0 Å². The van der Waals surface area contributed by atoms with Crippen LogP contribution in [0, 0.1) is 5.82 Å². The number of halogens is 2. The molecule has 0 saturated carbocycles. The maximum absolute atomic E-state index is 13.5. The van der Waals surface area contributed by atoms with Gasteiger partial charge in [0.1, 0.15) is 5.82 Å². The summed E-state index contributed by atoms with van der Waals surface area (Å²) in [5.41, 5.74) is 6.47. The summed E-state index contributed by atoms with van der Waals surface area (Å²) in [4.78, 5) is 2.16. The molecule has 1 saturated heterocycles. The summed E-state index contributed by atoms with van der Waals surface area (Å²) in [6.07, 6.45) is 0.995. The van der Waals surface area contributed by atoms with Crippen molar-refractivity contribution in [2.24, 2.45) is 5.73 Å². The van der Waals surface area contributed by atoms with E-state index < -0.39 is 0 Å². The van der Waals surface area contributed by atoms with Gasteiger partial charge >= 0.3 is 0 Å².